The van der Waals surface area contributed by atoms with Gasteiger partial charge in [-0.15, -0.1) is 0 Å². The number of unbranched alkanes of at least 4 members (excludes halogenated alkanes) is 1. The highest BCUT2D eigenvalue weighted by atomic mass is 19.4. The summed E-state index contributed by atoms with van der Waals surface area (Å²) in [5.41, 5.74) is 11.3. The molecule has 43 nitrogen and oxygen atoms in total. The van der Waals surface area contributed by atoms with Crippen molar-refractivity contribution in [2.24, 2.45) is 5.73 Å². The first-order valence-electron chi connectivity index (χ1n) is 45.0. The first-order valence-corrected chi connectivity index (χ1v) is 45.0. The molecule has 6 aromatic carbocycles. The maximum Gasteiger partial charge on any atom is 0.490 e. The monoisotopic (exact) mass is 1970 g/mol. The van der Waals surface area contributed by atoms with Gasteiger partial charge in [0.05, 0.1) is 135 Å². The van der Waals surface area contributed by atoms with Gasteiger partial charge in [0.2, 0.25) is 29.6 Å². The van der Waals surface area contributed by atoms with E-state index in [0.29, 0.717) is 200 Å². The van der Waals surface area contributed by atoms with Gasteiger partial charge < -0.3 is 98.9 Å². The van der Waals surface area contributed by atoms with Gasteiger partial charge >= 0.3 is 18.1 Å². The predicted molar refractivity (Wildman–Crippen MR) is 501 cm³/mol. The van der Waals surface area contributed by atoms with Crippen molar-refractivity contribution in [2.45, 2.75) is 88.9 Å². The van der Waals surface area contributed by atoms with E-state index in [0.717, 1.165) is 33.2 Å². The molecule has 0 saturated carbocycles. The van der Waals surface area contributed by atoms with Crippen LogP contribution in [-0.2, 0) is 68.4 Å². The Balaban J connectivity index is 0.000000215. The number of halogens is 3. The summed E-state index contributed by atoms with van der Waals surface area (Å²) in [6.07, 6.45) is 2.30. The lowest BCUT2D eigenvalue weighted by Gasteiger charge is -2.27. The Kier molecular flexibility index (Phi) is 38.8. The number of piperidine rings is 2. The first kappa shape index (κ1) is 107. The number of aromatic carboxylic acids is 1. The average Bonchev–Trinajstić information content (AvgIpc) is 1.59. The zero-order valence-electron chi connectivity index (χ0n) is 78.4. The third kappa shape index (κ3) is 27.8. The van der Waals surface area contributed by atoms with Gasteiger partial charge in [-0.2, -0.15) is 18.2 Å². The SMILES string of the molecule is COc1cc(C(=O)CCCCOCCOCCOCCCNC(=O)COc2cccc3c2C(=O)N(C2CCC(=O)NC2=O)C3=O)ccc1Cc1ncc2c(n1)N(C)c1ccccc1C(=O)N2C.COc1cc(C(=O)O)ccc1Nc1ncc2c(n1)N(C)c1ccccc1C(=O)N2C.NCCCOCCOCCOCCCNC(=O)COc1cccc2c1C(=O)N(C1CCC(=O)NC1=O)C2=O.O=C(O)C(F)(F)F. The normalized spacial score (nSPS) is 15.1. The number of imide groups is 4. The molecule has 2 atom stereocenters. The molecule has 14 rings (SSSR count). The number of methoxy groups -OCH3 is 2. The first-order chi connectivity index (χ1) is 68.2. The zero-order chi connectivity index (χ0) is 102. The van der Waals surface area contributed by atoms with Crippen molar-refractivity contribution in [3.8, 4) is 23.0 Å². The number of fused-ring (bicyclic) bond motifs is 6. The maximum atomic E-state index is 13.2. The van der Waals surface area contributed by atoms with E-state index in [4.69, 9.17) is 73.1 Å². The van der Waals surface area contributed by atoms with Gasteiger partial charge in [0.1, 0.15) is 52.3 Å². The molecule has 12 amide bonds. The van der Waals surface area contributed by atoms with Crippen LogP contribution in [0.3, 0.4) is 0 Å². The van der Waals surface area contributed by atoms with E-state index in [1.807, 2.05) is 66.4 Å². The fourth-order valence-corrected chi connectivity index (χ4v) is 15.2. The van der Waals surface area contributed by atoms with Gasteiger partial charge in [-0.25, -0.2) is 24.5 Å². The molecule has 754 valence electrons. The number of para-hydroxylation sites is 2. The van der Waals surface area contributed by atoms with Crippen LogP contribution in [0.2, 0.25) is 0 Å². The number of carboxylic acid groups (broad SMARTS) is 2. The largest absolute Gasteiger partial charge is 0.496 e. The van der Waals surface area contributed by atoms with Crippen LogP contribution in [0.5, 0.6) is 23.0 Å². The number of nitrogens with one attached hydrogen (secondary N) is 5. The molecule has 8 aromatic rings. The van der Waals surface area contributed by atoms with Crippen LogP contribution in [-0.4, -0.2) is 301 Å². The number of ether oxygens (including phenoxy) is 10. The number of anilines is 8. The number of amides is 12. The fourth-order valence-electron chi connectivity index (χ4n) is 15.2. The van der Waals surface area contributed by atoms with Crippen LogP contribution in [0.25, 0.3) is 0 Å². The number of hydrogen-bond donors (Lipinski definition) is 8. The second-order valence-electron chi connectivity index (χ2n) is 32.1. The van der Waals surface area contributed by atoms with Crippen molar-refractivity contribution < 1.29 is 143 Å². The molecule has 6 aliphatic rings. The van der Waals surface area contributed by atoms with Crippen LogP contribution in [0.4, 0.5) is 59.2 Å². The smallest absolute Gasteiger partial charge is 0.490 e. The van der Waals surface area contributed by atoms with Crippen LogP contribution in [0.15, 0.2) is 134 Å². The van der Waals surface area contributed by atoms with Gasteiger partial charge in [-0.05, 0) is 124 Å². The number of carboxylic acids is 2. The van der Waals surface area contributed by atoms with Gasteiger partial charge in [0, 0.05) is 105 Å². The molecule has 2 fully saturated rings. The molecule has 2 unspecified atom stereocenters. The van der Waals surface area contributed by atoms with Crippen molar-refractivity contribution >= 4 is 135 Å². The van der Waals surface area contributed by atoms with Crippen molar-refractivity contribution in [2.75, 3.05) is 179 Å². The van der Waals surface area contributed by atoms with Gasteiger partial charge in [-0.1, -0.05) is 48.5 Å². The van der Waals surface area contributed by atoms with Crippen LogP contribution < -0.4 is 70.9 Å². The molecule has 2 saturated heterocycles. The van der Waals surface area contributed by atoms with Crippen LogP contribution in [0, 0.1) is 0 Å². The number of alkyl halides is 3. The lowest BCUT2D eigenvalue weighted by atomic mass is 10.0. The Morgan fingerprint density at radius 1 is 0.465 bits per heavy atom. The molecule has 0 radical (unpaired) electrons. The summed E-state index contributed by atoms with van der Waals surface area (Å²) < 4.78 is 86.8. The lowest BCUT2D eigenvalue weighted by Crippen LogP contribution is -2.54. The number of benzene rings is 6. The van der Waals surface area contributed by atoms with Crippen molar-refractivity contribution in [1.29, 1.82) is 0 Å². The number of aliphatic carboxylic acids is 1. The summed E-state index contributed by atoms with van der Waals surface area (Å²) in [6.45, 7) is 5.89. The lowest BCUT2D eigenvalue weighted by molar-refractivity contribution is -0.192. The molecule has 9 N–H and O–H groups in total. The molecule has 0 spiro atoms. The van der Waals surface area contributed by atoms with Crippen LogP contribution >= 0.6 is 0 Å². The van der Waals surface area contributed by atoms with E-state index < -0.39 is 95.9 Å². The fraction of sp³-hybridized carbons (Fsp3) is 0.385. The summed E-state index contributed by atoms with van der Waals surface area (Å²) >= 11 is 0. The molecule has 0 bridgehead atoms. The third-order valence-corrected chi connectivity index (χ3v) is 22.5. The summed E-state index contributed by atoms with van der Waals surface area (Å²) in [7, 11) is 10.1. The minimum Gasteiger partial charge on any atom is -0.496 e. The third-order valence-electron chi connectivity index (χ3n) is 22.5. The van der Waals surface area contributed by atoms with Gasteiger partial charge in [-0.3, -0.25) is 82.8 Å². The van der Waals surface area contributed by atoms with E-state index in [2.05, 4.69) is 41.5 Å². The second-order valence-corrected chi connectivity index (χ2v) is 32.1. The summed E-state index contributed by atoms with van der Waals surface area (Å²) in [6, 6.07) is 31.3. The number of hydrogen-bond acceptors (Lipinski definition) is 33. The van der Waals surface area contributed by atoms with E-state index in [1.54, 1.807) is 68.8 Å². The number of aromatic nitrogens is 4. The highest BCUT2D eigenvalue weighted by Gasteiger charge is 2.48. The van der Waals surface area contributed by atoms with Gasteiger partial charge in [0.15, 0.2) is 30.6 Å². The minimum atomic E-state index is -5.08. The Bertz CT molecular complexity index is 5990. The van der Waals surface area contributed by atoms with Gasteiger partial charge in [0.25, 0.3) is 47.3 Å². The maximum absolute atomic E-state index is 13.2. The van der Waals surface area contributed by atoms with E-state index >= 15 is 0 Å². The average molecular weight is 1970 g/mol. The van der Waals surface area contributed by atoms with E-state index in [1.165, 1.54) is 60.5 Å². The Labute approximate surface area is 811 Å². The topological polar surface area (TPSA) is 546 Å². The Morgan fingerprint density at radius 3 is 1.35 bits per heavy atom. The molecule has 6 aliphatic heterocycles. The predicted octanol–water partition coefficient (Wildman–Crippen LogP) is 7.11. The van der Waals surface area contributed by atoms with E-state index in [-0.39, 0.29) is 95.2 Å². The standard InChI is InChI=1S/C48H53N7O12.C25H34N4O9.C21H19N5O4.C2HF3O2/c1-53-34-12-5-4-10-32(34)46(60)54(2)36-28-50-40(51-44(36)53)27-31-16-15-30(26-39(31)63-3)37(56)13-6-7-20-64-22-24-66-25-23-65-21-9-19-49-42(58)29-67-38-14-8-11-33-43(38)48(62)55(47(33)61)35-17-18-41(57)52-45(35)59;26-8-2-10-35-12-14-37-15-13-36-11-3-9-27-21(31)16-38-19-5-1-4-17-22(19)25(34)29(24(17)33)18-6-7-20(30)28-23(18)32;1-25-15-7-5-4-6-13(15)19(27)26(2)16-11-22-21(24-18(16)25)23-14-9-8-12(20(28)29)10-17(14)30-3;3-2(4,5)1(6)7/h4-5,8,10-12,14-16,26,28,35H,6-7,9,13,17-25,27,29H2,1-3H3,(H,49,58)(H,52,57,59);1,4-5,18H,2-3,6-16,26H2,(H,27,31)(H,28,30,32);4-11H,1-3H3,(H,28,29)(H,22,23,24);(H,6,7). The van der Waals surface area contributed by atoms with Crippen LogP contribution in [0.1, 0.15) is 158 Å². The molecule has 8 heterocycles. The van der Waals surface area contributed by atoms with E-state index in [9.17, 15) is 80.3 Å². The summed E-state index contributed by atoms with van der Waals surface area (Å²) in [5, 5.41) is 29.1. The molecule has 0 aliphatic carbocycles. The Hall–Kier alpha value is -15.4. The number of carbonyl (C=O) groups excluding carboxylic acids is 13. The minimum absolute atomic E-state index is 0.00545. The van der Waals surface area contributed by atoms with Crippen molar-refractivity contribution in [3.63, 3.8) is 0 Å². The number of nitrogens with two attached hydrogens (primary N) is 1. The molecule has 142 heavy (non-hydrogen) atoms. The molecular weight excluding hydrogens is 1870 g/mol. The van der Waals surface area contributed by atoms with Crippen molar-refractivity contribution in [3.05, 3.63) is 190 Å². The molecule has 2 aromatic heterocycles. The number of carbonyl (C=O) groups is 15. The number of nitrogens with zero attached hydrogens (tertiary/aromatic N) is 10. The quantitative estimate of drug-likeness (QED) is 0.0107. The summed E-state index contributed by atoms with van der Waals surface area (Å²) in [4.78, 5) is 210. The summed E-state index contributed by atoms with van der Waals surface area (Å²) in [5.74, 6) is -6.95. The number of rotatable bonds is 44. The second kappa shape index (κ2) is 51.5. The number of Topliss-reactive ketones (excluding diaryl/α,β-unsaturated/α-hetero) is 1. The number of ketones is 1. The molecule has 46 heteroatoms. The Morgan fingerprint density at radius 2 is 0.894 bits per heavy atom. The van der Waals surface area contributed by atoms with Crippen molar-refractivity contribution in [1.82, 2.24) is 51.0 Å². The molecular formula is C96H107F3N16O27. The highest BCUT2D eigenvalue weighted by Crippen LogP contribution is 2.42. The zero-order valence-corrected chi connectivity index (χ0v) is 78.4. The highest BCUT2D eigenvalue weighted by molar-refractivity contribution is 6.26.